The molecule has 134 valence electrons. The van der Waals surface area contributed by atoms with Crippen molar-refractivity contribution < 1.29 is 13.9 Å². The van der Waals surface area contributed by atoms with Crippen LogP contribution in [0.5, 0.6) is 0 Å². The van der Waals surface area contributed by atoms with Crippen molar-refractivity contribution in [2.45, 2.75) is 32.7 Å². The number of carbonyl (C=O) groups excluding carboxylic acids is 1. The van der Waals surface area contributed by atoms with Gasteiger partial charge in [-0.2, -0.15) is 5.10 Å². The van der Waals surface area contributed by atoms with Gasteiger partial charge < -0.3 is 4.74 Å². The molecule has 0 aliphatic carbocycles. The number of carbonyl (C=O) groups is 1. The van der Waals surface area contributed by atoms with E-state index >= 15 is 0 Å². The molecule has 1 fully saturated rings. The summed E-state index contributed by atoms with van der Waals surface area (Å²) in [5.74, 6) is -0.436. The molecule has 1 N–H and O–H groups in total. The van der Waals surface area contributed by atoms with Crippen LogP contribution in [0.3, 0.4) is 0 Å². The Morgan fingerprint density at radius 1 is 1.36 bits per heavy atom. The molecule has 6 heteroatoms. The molecule has 1 aliphatic heterocycles. The molecule has 5 nitrogen and oxygen atoms in total. The van der Waals surface area contributed by atoms with Crippen LogP contribution >= 0.6 is 0 Å². The summed E-state index contributed by atoms with van der Waals surface area (Å²) in [5.41, 5.74) is 1.33. The summed E-state index contributed by atoms with van der Waals surface area (Å²) in [6.45, 7) is 4.57. The second-order valence-corrected chi connectivity index (χ2v) is 6.67. The van der Waals surface area contributed by atoms with E-state index in [1.54, 1.807) is 12.3 Å². The van der Waals surface area contributed by atoms with Crippen molar-refractivity contribution >= 4 is 5.97 Å². The fourth-order valence-corrected chi connectivity index (χ4v) is 3.53. The van der Waals surface area contributed by atoms with Gasteiger partial charge in [-0.1, -0.05) is 12.1 Å². The molecule has 25 heavy (non-hydrogen) atoms. The van der Waals surface area contributed by atoms with E-state index in [1.165, 1.54) is 12.1 Å². The Bertz CT molecular complexity index is 694. The van der Waals surface area contributed by atoms with Gasteiger partial charge >= 0.3 is 5.97 Å². The number of H-pyrrole nitrogens is 1. The zero-order chi connectivity index (χ0) is 17.7. The Hall–Kier alpha value is -2.21. The van der Waals surface area contributed by atoms with Crippen molar-refractivity contribution in [3.63, 3.8) is 0 Å². The lowest BCUT2D eigenvalue weighted by atomic mass is 9.73. The number of halogens is 1. The lowest BCUT2D eigenvalue weighted by molar-refractivity contribution is -0.158. The molecule has 2 aromatic rings. The molecular weight excluding hydrogens is 321 g/mol. The van der Waals surface area contributed by atoms with E-state index in [0.29, 0.717) is 25.9 Å². The highest BCUT2D eigenvalue weighted by molar-refractivity contribution is 5.77. The summed E-state index contributed by atoms with van der Waals surface area (Å²) in [6.07, 6.45) is 3.67. The molecule has 0 bridgehead atoms. The van der Waals surface area contributed by atoms with Gasteiger partial charge in [-0.05, 0) is 63.0 Å². The lowest BCUT2D eigenvalue weighted by Gasteiger charge is -2.40. The maximum Gasteiger partial charge on any atom is 0.312 e. The molecule has 2 heterocycles. The lowest BCUT2D eigenvalue weighted by Crippen LogP contribution is -2.46. The van der Waals surface area contributed by atoms with Crippen molar-refractivity contribution in [1.29, 1.82) is 0 Å². The molecule has 1 aromatic heterocycles. The highest BCUT2D eigenvalue weighted by Crippen LogP contribution is 2.37. The Labute approximate surface area is 147 Å². The van der Waals surface area contributed by atoms with Gasteiger partial charge in [0.15, 0.2) is 0 Å². The molecule has 1 saturated heterocycles. The van der Waals surface area contributed by atoms with Crippen LogP contribution in [0.2, 0.25) is 0 Å². The van der Waals surface area contributed by atoms with Gasteiger partial charge in [0.25, 0.3) is 0 Å². The highest BCUT2D eigenvalue weighted by atomic mass is 19.1. The van der Waals surface area contributed by atoms with E-state index in [1.807, 2.05) is 19.1 Å². The number of nitrogens with zero attached hydrogens (tertiary/aromatic N) is 2. The number of aromatic nitrogens is 2. The normalized spacial score (nSPS) is 17.4. The first-order valence-corrected chi connectivity index (χ1v) is 8.73. The van der Waals surface area contributed by atoms with Crippen LogP contribution in [0.1, 0.15) is 31.0 Å². The molecule has 0 saturated carbocycles. The van der Waals surface area contributed by atoms with Crippen LogP contribution in [0.15, 0.2) is 36.5 Å². The van der Waals surface area contributed by atoms with Crippen molar-refractivity contribution in [3.05, 3.63) is 53.6 Å². The fraction of sp³-hybridized carbons (Fsp3) is 0.474. The van der Waals surface area contributed by atoms with Gasteiger partial charge in [0, 0.05) is 18.4 Å². The number of nitrogens with one attached hydrogen (secondary N) is 1. The number of benzene rings is 1. The maximum atomic E-state index is 13.5. The van der Waals surface area contributed by atoms with Crippen LogP contribution in [0.4, 0.5) is 4.39 Å². The predicted octanol–water partition coefficient (Wildman–Crippen LogP) is 2.94. The topological polar surface area (TPSA) is 58.2 Å². The molecule has 3 rings (SSSR count). The SMILES string of the molecule is CCOC(=O)C1(Cc2cccc(F)c2)CCN(Cc2ccn[nH]2)CC1. The minimum atomic E-state index is -0.575. The number of likely N-dealkylation sites (tertiary alicyclic amines) is 1. The molecular formula is C19H24FN3O2. The third-order valence-electron chi connectivity index (χ3n) is 4.91. The number of esters is 1. The van der Waals surface area contributed by atoms with Crippen LogP contribution in [-0.4, -0.2) is 40.8 Å². The zero-order valence-electron chi connectivity index (χ0n) is 14.5. The van der Waals surface area contributed by atoms with Crippen molar-refractivity contribution in [2.24, 2.45) is 5.41 Å². The predicted molar refractivity (Wildman–Crippen MR) is 92.3 cm³/mol. The first-order valence-electron chi connectivity index (χ1n) is 8.73. The summed E-state index contributed by atoms with van der Waals surface area (Å²) < 4.78 is 18.9. The Balaban J connectivity index is 1.71. The number of ether oxygens (including phenoxy) is 1. The van der Waals surface area contributed by atoms with E-state index < -0.39 is 5.41 Å². The smallest absolute Gasteiger partial charge is 0.312 e. The van der Waals surface area contributed by atoms with E-state index in [9.17, 15) is 9.18 Å². The highest BCUT2D eigenvalue weighted by Gasteiger charge is 2.42. The average Bonchev–Trinajstić information content (AvgIpc) is 3.10. The van der Waals surface area contributed by atoms with E-state index in [2.05, 4.69) is 15.1 Å². The van der Waals surface area contributed by atoms with Crippen LogP contribution in [-0.2, 0) is 22.5 Å². The largest absolute Gasteiger partial charge is 0.466 e. The van der Waals surface area contributed by atoms with Crippen molar-refractivity contribution in [3.8, 4) is 0 Å². The summed E-state index contributed by atoms with van der Waals surface area (Å²) in [6, 6.07) is 8.46. The van der Waals surface area contributed by atoms with Crippen LogP contribution < -0.4 is 0 Å². The maximum absolute atomic E-state index is 13.5. The summed E-state index contributed by atoms with van der Waals surface area (Å²) >= 11 is 0. The van der Waals surface area contributed by atoms with Crippen molar-refractivity contribution in [2.75, 3.05) is 19.7 Å². The number of aromatic amines is 1. The number of rotatable bonds is 6. The molecule has 0 unspecified atom stereocenters. The average molecular weight is 345 g/mol. The summed E-state index contributed by atoms with van der Waals surface area (Å²) in [4.78, 5) is 15.0. The number of hydrogen-bond acceptors (Lipinski definition) is 4. The van der Waals surface area contributed by atoms with E-state index in [-0.39, 0.29) is 11.8 Å². The van der Waals surface area contributed by atoms with Gasteiger partial charge in [-0.3, -0.25) is 14.8 Å². The Kier molecular flexibility index (Phi) is 5.48. The zero-order valence-corrected chi connectivity index (χ0v) is 14.5. The first-order chi connectivity index (χ1) is 12.1. The van der Waals surface area contributed by atoms with Crippen LogP contribution in [0, 0.1) is 11.2 Å². The second kappa shape index (κ2) is 7.78. The molecule has 0 amide bonds. The summed E-state index contributed by atoms with van der Waals surface area (Å²) in [7, 11) is 0. The molecule has 0 atom stereocenters. The third-order valence-corrected chi connectivity index (χ3v) is 4.91. The third kappa shape index (κ3) is 4.25. The Morgan fingerprint density at radius 2 is 2.16 bits per heavy atom. The van der Waals surface area contributed by atoms with Crippen LogP contribution in [0.25, 0.3) is 0 Å². The molecule has 1 aromatic carbocycles. The van der Waals surface area contributed by atoms with Gasteiger partial charge in [0.05, 0.1) is 12.0 Å². The van der Waals surface area contributed by atoms with Gasteiger partial charge in [-0.25, -0.2) is 4.39 Å². The van der Waals surface area contributed by atoms with Crippen molar-refractivity contribution in [1.82, 2.24) is 15.1 Å². The quantitative estimate of drug-likeness (QED) is 0.818. The van der Waals surface area contributed by atoms with E-state index in [4.69, 9.17) is 4.74 Å². The Morgan fingerprint density at radius 3 is 2.80 bits per heavy atom. The molecule has 0 spiro atoms. The van der Waals surface area contributed by atoms with Gasteiger partial charge in [-0.15, -0.1) is 0 Å². The fourth-order valence-electron chi connectivity index (χ4n) is 3.53. The van der Waals surface area contributed by atoms with Gasteiger partial charge in [0.1, 0.15) is 5.82 Å². The standard InChI is InChI=1S/C19H24FN3O2/c1-2-25-18(24)19(13-15-4-3-5-16(20)12-15)7-10-23(11-8-19)14-17-6-9-21-22-17/h3-6,9,12H,2,7-8,10-11,13-14H2,1H3,(H,21,22). The second-order valence-electron chi connectivity index (χ2n) is 6.67. The number of piperidine rings is 1. The monoisotopic (exact) mass is 345 g/mol. The first kappa shape index (κ1) is 17.6. The molecule has 1 aliphatic rings. The minimum absolute atomic E-state index is 0.166. The van der Waals surface area contributed by atoms with Gasteiger partial charge in [0.2, 0.25) is 0 Å². The molecule has 0 radical (unpaired) electrons. The van der Waals surface area contributed by atoms with E-state index in [0.717, 1.165) is 30.9 Å². The minimum Gasteiger partial charge on any atom is -0.466 e. The summed E-state index contributed by atoms with van der Waals surface area (Å²) in [5, 5.41) is 6.94. The number of hydrogen-bond donors (Lipinski definition) is 1.